The second-order valence-electron chi connectivity index (χ2n) is 7.80. The Morgan fingerprint density at radius 1 is 1.03 bits per heavy atom. The van der Waals surface area contributed by atoms with E-state index in [2.05, 4.69) is 10.6 Å². The number of sulfonamides is 1. The van der Waals surface area contributed by atoms with E-state index in [9.17, 15) is 18.0 Å². The summed E-state index contributed by atoms with van der Waals surface area (Å²) in [5.74, 6) is -0.398. The van der Waals surface area contributed by atoms with Crippen LogP contribution in [0.1, 0.15) is 49.3 Å². The maximum atomic E-state index is 13.1. The number of carbonyl (C=O) groups excluding carboxylic acids is 2. The quantitative estimate of drug-likeness (QED) is 0.669. The molecule has 2 rings (SSSR count). The van der Waals surface area contributed by atoms with E-state index in [1.54, 1.807) is 0 Å². The van der Waals surface area contributed by atoms with Crippen LogP contribution in [0, 0.1) is 26.7 Å². The maximum Gasteiger partial charge on any atom is 0.243 e. The Kier molecular flexibility index (Phi) is 8.22. The molecular formula is C21H33N3O4S. The van der Waals surface area contributed by atoms with Crippen molar-refractivity contribution in [3.05, 3.63) is 28.8 Å². The Bertz CT molecular complexity index is 820. The zero-order valence-corrected chi connectivity index (χ0v) is 18.7. The molecule has 8 heteroatoms. The van der Waals surface area contributed by atoms with Crippen molar-refractivity contribution in [1.29, 1.82) is 0 Å². The van der Waals surface area contributed by atoms with Crippen LogP contribution in [-0.2, 0) is 19.6 Å². The Labute approximate surface area is 174 Å². The van der Waals surface area contributed by atoms with Crippen molar-refractivity contribution in [1.82, 2.24) is 14.9 Å². The summed E-state index contributed by atoms with van der Waals surface area (Å²) in [5.41, 5.74) is 2.55. The van der Waals surface area contributed by atoms with Gasteiger partial charge in [0.2, 0.25) is 21.8 Å². The molecule has 0 aromatic heterocycles. The zero-order chi connectivity index (χ0) is 21.6. The molecule has 2 amide bonds. The molecule has 1 saturated heterocycles. The van der Waals surface area contributed by atoms with Crippen molar-refractivity contribution in [2.75, 3.05) is 26.2 Å². The van der Waals surface area contributed by atoms with Gasteiger partial charge in [-0.2, -0.15) is 4.31 Å². The first-order valence-electron chi connectivity index (χ1n) is 10.3. The highest BCUT2D eigenvalue weighted by Crippen LogP contribution is 2.28. The van der Waals surface area contributed by atoms with Crippen molar-refractivity contribution < 1.29 is 18.0 Å². The van der Waals surface area contributed by atoms with Crippen LogP contribution >= 0.6 is 0 Å². The van der Waals surface area contributed by atoms with Gasteiger partial charge in [0.1, 0.15) is 0 Å². The van der Waals surface area contributed by atoms with Gasteiger partial charge in [0, 0.05) is 38.5 Å². The minimum absolute atomic E-state index is 0.0723. The first kappa shape index (κ1) is 23.3. The molecule has 1 aromatic rings. The lowest BCUT2D eigenvalue weighted by atomic mass is 9.97. The molecule has 2 N–H and O–H groups in total. The minimum Gasteiger partial charge on any atom is -0.356 e. The number of benzene rings is 1. The maximum absolute atomic E-state index is 13.1. The molecule has 0 aliphatic carbocycles. The Morgan fingerprint density at radius 2 is 1.62 bits per heavy atom. The fraction of sp³-hybridized carbons (Fsp3) is 0.619. The molecule has 7 nitrogen and oxygen atoms in total. The monoisotopic (exact) mass is 423 g/mol. The summed E-state index contributed by atoms with van der Waals surface area (Å²) >= 11 is 0. The van der Waals surface area contributed by atoms with Gasteiger partial charge in [0.25, 0.3) is 0 Å². The topological polar surface area (TPSA) is 95.6 Å². The summed E-state index contributed by atoms with van der Waals surface area (Å²) in [6.45, 7) is 9.17. The summed E-state index contributed by atoms with van der Waals surface area (Å²) in [6, 6.07) is 3.77. The summed E-state index contributed by atoms with van der Waals surface area (Å²) in [7, 11) is -3.58. The number of hydrogen-bond donors (Lipinski definition) is 2. The molecule has 0 atom stereocenters. The van der Waals surface area contributed by atoms with Crippen LogP contribution in [0.4, 0.5) is 0 Å². The van der Waals surface area contributed by atoms with Gasteiger partial charge in [-0.05, 0) is 51.2 Å². The van der Waals surface area contributed by atoms with Gasteiger partial charge in [0.05, 0.1) is 4.90 Å². The molecule has 1 fully saturated rings. The third kappa shape index (κ3) is 6.02. The van der Waals surface area contributed by atoms with Crippen LogP contribution in [0.5, 0.6) is 0 Å². The summed E-state index contributed by atoms with van der Waals surface area (Å²) in [5, 5.41) is 5.57. The summed E-state index contributed by atoms with van der Waals surface area (Å²) in [6.07, 6.45) is 2.10. The average Bonchev–Trinajstić information content (AvgIpc) is 2.65. The average molecular weight is 424 g/mol. The second-order valence-corrected chi connectivity index (χ2v) is 9.67. The van der Waals surface area contributed by atoms with Gasteiger partial charge in [0.15, 0.2) is 0 Å². The number of nitrogens with one attached hydrogen (secondary N) is 2. The third-order valence-electron chi connectivity index (χ3n) is 5.25. The number of hydrogen-bond acceptors (Lipinski definition) is 4. The fourth-order valence-corrected chi connectivity index (χ4v) is 5.74. The molecule has 1 heterocycles. The smallest absolute Gasteiger partial charge is 0.243 e. The molecule has 1 aliphatic heterocycles. The Hall–Kier alpha value is -1.93. The van der Waals surface area contributed by atoms with Crippen molar-refractivity contribution >= 4 is 21.8 Å². The normalized spacial score (nSPS) is 15.9. The highest BCUT2D eigenvalue weighted by molar-refractivity contribution is 7.89. The van der Waals surface area contributed by atoms with Crippen LogP contribution in [0.3, 0.4) is 0 Å². The van der Waals surface area contributed by atoms with E-state index in [1.807, 2.05) is 39.8 Å². The molecule has 0 saturated carbocycles. The molecule has 1 aromatic carbocycles. The number of rotatable bonds is 8. The van der Waals surface area contributed by atoms with E-state index in [4.69, 9.17) is 0 Å². The van der Waals surface area contributed by atoms with E-state index in [1.165, 1.54) is 4.31 Å². The van der Waals surface area contributed by atoms with Crippen LogP contribution < -0.4 is 10.6 Å². The van der Waals surface area contributed by atoms with Gasteiger partial charge in [-0.15, -0.1) is 0 Å². The molecular weight excluding hydrogens is 390 g/mol. The third-order valence-corrected chi connectivity index (χ3v) is 7.46. The fourth-order valence-electron chi connectivity index (χ4n) is 3.86. The van der Waals surface area contributed by atoms with E-state index in [-0.39, 0.29) is 24.2 Å². The highest BCUT2D eigenvalue weighted by atomic mass is 32.2. The Balaban J connectivity index is 1.90. The van der Waals surface area contributed by atoms with Gasteiger partial charge in [-0.1, -0.05) is 24.6 Å². The molecule has 0 spiro atoms. The molecule has 0 radical (unpaired) electrons. The second kappa shape index (κ2) is 10.2. The predicted octanol–water partition coefficient (Wildman–Crippen LogP) is 2.05. The summed E-state index contributed by atoms with van der Waals surface area (Å²) in [4.78, 5) is 24.3. The minimum atomic E-state index is -3.58. The lowest BCUT2D eigenvalue weighted by Gasteiger charge is -2.31. The van der Waals surface area contributed by atoms with Gasteiger partial charge in [-0.3, -0.25) is 9.59 Å². The van der Waals surface area contributed by atoms with E-state index in [0.29, 0.717) is 43.9 Å². The van der Waals surface area contributed by atoms with Gasteiger partial charge in [-0.25, -0.2) is 8.42 Å². The van der Waals surface area contributed by atoms with Crippen LogP contribution in [-0.4, -0.2) is 50.7 Å². The van der Waals surface area contributed by atoms with Crippen molar-refractivity contribution in [3.63, 3.8) is 0 Å². The first-order valence-corrected chi connectivity index (χ1v) is 11.7. The number of aryl methyl sites for hydroxylation is 3. The van der Waals surface area contributed by atoms with Crippen LogP contribution in [0.25, 0.3) is 0 Å². The van der Waals surface area contributed by atoms with E-state index >= 15 is 0 Å². The molecule has 162 valence electrons. The van der Waals surface area contributed by atoms with E-state index in [0.717, 1.165) is 23.1 Å². The Morgan fingerprint density at radius 3 is 2.17 bits per heavy atom. The lowest BCUT2D eigenvalue weighted by Crippen LogP contribution is -2.43. The standard InChI is InChI=1S/C21H33N3O4S/c1-5-9-22-19(25)6-10-23-21(26)18-7-11-24(12-8-18)29(27,28)20-16(3)13-15(2)14-17(20)4/h13-14,18H,5-12H2,1-4H3,(H,22,25)(H,23,26). The first-order chi connectivity index (χ1) is 13.7. The molecule has 0 unspecified atom stereocenters. The van der Waals surface area contributed by atoms with Crippen molar-refractivity contribution in [2.24, 2.45) is 5.92 Å². The summed E-state index contributed by atoms with van der Waals surface area (Å²) < 4.78 is 27.7. The number of amides is 2. The van der Waals surface area contributed by atoms with Crippen LogP contribution in [0.15, 0.2) is 17.0 Å². The van der Waals surface area contributed by atoms with Gasteiger partial charge < -0.3 is 10.6 Å². The molecule has 1 aliphatic rings. The lowest BCUT2D eigenvalue weighted by molar-refractivity contribution is -0.126. The largest absolute Gasteiger partial charge is 0.356 e. The number of carbonyl (C=O) groups is 2. The highest BCUT2D eigenvalue weighted by Gasteiger charge is 2.33. The van der Waals surface area contributed by atoms with Gasteiger partial charge >= 0.3 is 0 Å². The number of piperidine rings is 1. The zero-order valence-electron chi connectivity index (χ0n) is 17.9. The molecule has 29 heavy (non-hydrogen) atoms. The SMILES string of the molecule is CCCNC(=O)CCNC(=O)C1CCN(S(=O)(=O)c2c(C)cc(C)cc2C)CC1. The van der Waals surface area contributed by atoms with Crippen LogP contribution in [0.2, 0.25) is 0 Å². The van der Waals surface area contributed by atoms with E-state index < -0.39 is 10.0 Å². The molecule has 0 bridgehead atoms. The number of nitrogens with zero attached hydrogens (tertiary/aromatic N) is 1. The predicted molar refractivity (Wildman–Crippen MR) is 113 cm³/mol. The van der Waals surface area contributed by atoms with Crippen molar-refractivity contribution in [2.45, 2.75) is 58.3 Å². The van der Waals surface area contributed by atoms with Crippen molar-refractivity contribution in [3.8, 4) is 0 Å².